The van der Waals surface area contributed by atoms with Gasteiger partial charge in [-0.05, 0) is 77.7 Å². The SMILES string of the molecule is Cc1cc(Br)c(O)c(C(=O)Nc2ccc(NC(=O)C3CC3)cc2)c1. The molecule has 2 amide bonds. The molecule has 1 aliphatic rings. The van der Waals surface area contributed by atoms with E-state index in [0.29, 0.717) is 15.8 Å². The number of carbonyl (C=O) groups is 2. The van der Waals surface area contributed by atoms with Gasteiger partial charge in [-0.15, -0.1) is 0 Å². The number of amides is 2. The highest BCUT2D eigenvalue weighted by molar-refractivity contribution is 9.10. The number of hydrogen-bond donors (Lipinski definition) is 3. The lowest BCUT2D eigenvalue weighted by Gasteiger charge is -2.10. The van der Waals surface area contributed by atoms with Crippen molar-refractivity contribution < 1.29 is 14.7 Å². The molecule has 1 aliphatic carbocycles. The molecule has 124 valence electrons. The lowest BCUT2D eigenvalue weighted by atomic mass is 10.1. The van der Waals surface area contributed by atoms with Gasteiger partial charge in [-0.2, -0.15) is 0 Å². The Morgan fingerprint density at radius 2 is 1.67 bits per heavy atom. The van der Waals surface area contributed by atoms with Crippen LogP contribution in [-0.2, 0) is 4.79 Å². The second-order valence-corrected chi connectivity index (χ2v) is 6.79. The zero-order valence-electron chi connectivity index (χ0n) is 13.1. The zero-order valence-corrected chi connectivity index (χ0v) is 14.7. The summed E-state index contributed by atoms with van der Waals surface area (Å²) in [6.45, 7) is 1.85. The summed E-state index contributed by atoms with van der Waals surface area (Å²) < 4.78 is 0.478. The predicted molar refractivity (Wildman–Crippen MR) is 96.3 cm³/mol. The molecule has 1 fully saturated rings. The monoisotopic (exact) mass is 388 g/mol. The van der Waals surface area contributed by atoms with Crippen LogP contribution in [0.4, 0.5) is 11.4 Å². The number of carbonyl (C=O) groups excluding carboxylic acids is 2. The fourth-order valence-corrected chi connectivity index (χ4v) is 2.91. The van der Waals surface area contributed by atoms with Gasteiger partial charge in [-0.1, -0.05) is 0 Å². The minimum absolute atomic E-state index is 0.0429. The maximum Gasteiger partial charge on any atom is 0.259 e. The summed E-state index contributed by atoms with van der Waals surface area (Å²) in [6.07, 6.45) is 1.91. The molecule has 6 heteroatoms. The van der Waals surface area contributed by atoms with Crippen LogP contribution in [0.25, 0.3) is 0 Å². The number of anilines is 2. The summed E-state index contributed by atoms with van der Waals surface area (Å²) in [5.74, 6) is -0.300. The van der Waals surface area contributed by atoms with E-state index < -0.39 is 5.91 Å². The molecule has 3 N–H and O–H groups in total. The van der Waals surface area contributed by atoms with Crippen molar-refractivity contribution in [1.29, 1.82) is 0 Å². The molecule has 3 rings (SSSR count). The van der Waals surface area contributed by atoms with E-state index in [9.17, 15) is 14.7 Å². The van der Waals surface area contributed by atoms with Crippen molar-refractivity contribution in [3.63, 3.8) is 0 Å². The van der Waals surface area contributed by atoms with Crippen LogP contribution in [0.2, 0.25) is 0 Å². The molecule has 0 aliphatic heterocycles. The number of hydrogen-bond acceptors (Lipinski definition) is 3. The van der Waals surface area contributed by atoms with Crippen molar-refractivity contribution in [3.05, 3.63) is 52.0 Å². The van der Waals surface area contributed by atoms with Crippen molar-refractivity contribution in [2.45, 2.75) is 19.8 Å². The molecule has 0 atom stereocenters. The Kier molecular flexibility index (Phi) is 4.57. The Morgan fingerprint density at radius 3 is 2.25 bits per heavy atom. The van der Waals surface area contributed by atoms with Gasteiger partial charge in [-0.25, -0.2) is 0 Å². The molecule has 0 spiro atoms. The van der Waals surface area contributed by atoms with Crippen molar-refractivity contribution in [2.24, 2.45) is 5.92 Å². The summed E-state index contributed by atoms with van der Waals surface area (Å²) in [4.78, 5) is 24.0. The zero-order chi connectivity index (χ0) is 17.3. The van der Waals surface area contributed by atoms with Crippen LogP contribution in [0, 0.1) is 12.8 Å². The van der Waals surface area contributed by atoms with Crippen LogP contribution in [-0.4, -0.2) is 16.9 Å². The molecule has 0 saturated heterocycles. The Labute approximate surface area is 148 Å². The molecular formula is C18H17BrN2O3. The first kappa shape index (κ1) is 16.5. The van der Waals surface area contributed by atoms with E-state index in [1.165, 1.54) is 0 Å². The van der Waals surface area contributed by atoms with Gasteiger partial charge < -0.3 is 15.7 Å². The molecule has 1 saturated carbocycles. The molecule has 2 aromatic carbocycles. The average Bonchev–Trinajstić information content (AvgIpc) is 3.37. The van der Waals surface area contributed by atoms with Gasteiger partial charge >= 0.3 is 0 Å². The third kappa shape index (κ3) is 3.76. The Balaban J connectivity index is 1.69. The molecule has 0 bridgehead atoms. The molecular weight excluding hydrogens is 372 g/mol. The molecule has 5 nitrogen and oxygen atoms in total. The van der Waals surface area contributed by atoms with Gasteiger partial charge in [0.05, 0.1) is 10.0 Å². The second-order valence-electron chi connectivity index (χ2n) is 5.94. The van der Waals surface area contributed by atoms with Crippen LogP contribution in [0.15, 0.2) is 40.9 Å². The number of nitrogens with one attached hydrogen (secondary N) is 2. The third-order valence-electron chi connectivity index (χ3n) is 3.81. The summed E-state index contributed by atoms with van der Waals surface area (Å²) in [6, 6.07) is 10.3. The van der Waals surface area contributed by atoms with Crippen molar-refractivity contribution in [2.75, 3.05) is 10.6 Å². The Morgan fingerprint density at radius 1 is 1.08 bits per heavy atom. The highest BCUT2D eigenvalue weighted by atomic mass is 79.9. The fourth-order valence-electron chi connectivity index (χ4n) is 2.33. The quantitative estimate of drug-likeness (QED) is 0.738. The smallest absolute Gasteiger partial charge is 0.259 e. The van der Waals surface area contributed by atoms with Crippen molar-refractivity contribution in [1.82, 2.24) is 0 Å². The normalized spacial score (nSPS) is 13.4. The first-order chi connectivity index (χ1) is 11.4. The molecule has 2 aromatic rings. The lowest BCUT2D eigenvalue weighted by molar-refractivity contribution is -0.117. The van der Waals surface area contributed by atoms with E-state index in [0.717, 1.165) is 18.4 Å². The van der Waals surface area contributed by atoms with Gasteiger partial charge in [0.2, 0.25) is 5.91 Å². The number of rotatable bonds is 4. The average molecular weight is 389 g/mol. The van der Waals surface area contributed by atoms with E-state index in [1.807, 2.05) is 6.92 Å². The molecule has 24 heavy (non-hydrogen) atoms. The predicted octanol–water partition coefficient (Wildman–Crippen LogP) is 4.06. The summed E-state index contributed by atoms with van der Waals surface area (Å²) >= 11 is 3.23. The standard InChI is InChI=1S/C18H17BrN2O3/c1-10-8-14(16(22)15(19)9-10)18(24)21-13-6-4-12(5-7-13)20-17(23)11-2-3-11/h4-9,11,22H,2-3H2,1H3,(H,20,23)(H,21,24). The number of aromatic hydroxyl groups is 1. The molecule has 0 radical (unpaired) electrons. The first-order valence-corrected chi connectivity index (χ1v) is 8.45. The van der Waals surface area contributed by atoms with E-state index in [-0.39, 0.29) is 23.1 Å². The summed E-state index contributed by atoms with van der Waals surface area (Å²) in [7, 11) is 0. The minimum atomic E-state index is -0.397. The highest BCUT2D eigenvalue weighted by Gasteiger charge is 2.29. The van der Waals surface area contributed by atoms with Gasteiger partial charge in [0, 0.05) is 17.3 Å². The van der Waals surface area contributed by atoms with Gasteiger partial charge in [-0.3, -0.25) is 9.59 Å². The Bertz CT molecular complexity index is 799. The molecule has 0 unspecified atom stereocenters. The van der Waals surface area contributed by atoms with E-state index in [2.05, 4.69) is 26.6 Å². The summed E-state index contributed by atoms with van der Waals surface area (Å²) in [5, 5.41) is 15.6. The first-order valence-electron chi connectivity index (χ1n) is 7.65. The van der Waals surface area contributed by atoms with Crippen molar-refractivity contribution >= 4 is 39.1 Å². The van der Waals surface area contributed by atoms with Gasteiger partial charge in [0.15, 0.2) is 0 Å². The number of aryl methyl sites for hydroxylation is 1. The number of phenolic OH excluding ortho intramolecular Hbond substituents is 1. The third-order valence-corrected chi connectivity index (χ3v) is 4.42. The van der Waals surface area contributed by atoms with Crippen LogP contribution >= 0.6 is 15.9 Å². The molecule has 0 heterocycles. The molecule has 0 aromatic heterocycles. The maximum atomic E-state index is 12.3. The Hall–Kier alpha value is -2.34. The number of phenols is 1. The van der Waals surface area contributed by atoms with Gasteiger partial charge in [0.1, 0.15) is 5.75 Å². The second kappa shape index (κ2) is 6.65. The van der Waals surface area contributed by atoms with E-state index in [4.69, 9.17) is 0 Å². The van der Waals surface area contributed by atoms with E-state index >= 15 is 0 Å². The van der Waals surface area contributed by atoms with Crippen LogP contribution in [0.1, 0.15) is 28.8 Å². The van der Waals surface area contributed by atoms with Crippen LogP contribution in [0.3, 0.4) is 0 Å². The highest BCUT2D eigenvalue weighted by Crippen LogP contribution is 2.31. The fraction of sp³-hybridized carbons (Fsp3) is 0.222. The van der Waals surface area contributed by atoms with E-state index in [1.54, 1.807) is 36.4 Å². The topological polar surface area (TPSA) is 78.4 Å². The number of benzene rings is 2. The van der Waals surface area contributed by atoms with Crippen LogP contribution < -0.4 is 10.6 Å². The minimum Gasteiger partial charge on any atom is -0.506 e. The maximum absolute atomic E-state index is 12.3. The van der Waals surface area contributed by atoms with Crippen LogP contribution in [0.5, 0.6) is 5.75 Å². The largest absolute Gasteiger partial charge is 0.506 e. The lowest BCUT2D eigenvalue weighted by Crippen LogP contribution is -2.14. The van der Waals surface area contributed by atoms with Crippen molar-refractivity contribution in [3.8, 4) is 5.75 Å². The summed E-state index contributed by atoms with van der Waals surface area (Å²) in [5.41, 5.74) is 2.35. The van der Waals surface area contributed by atoms with Gasteiger partial charge in [0.25, 0.3) is 5.91 Å². The number of halogens is 1.